The lowest BCUT2D eigenvalue weighted by molar-refractivity contribution is -0.153. The smallest absolute Gasteiger partial charge is 0.319 e. The van der Waals surface area contributed by atoms with E-state index in [0.29, 0.717) is 0 Å². The van der Waals surface area contributed by atoms with Crippen molar-refractivity contribution < 1.29 is 9.53 Å². The van der Waals surface area contributed by atoms with Gasteiger partial charge in [-0.1, -0.05) is 0 Å². The number of carbonyl (C=O) groups excluding carboxylic acids is 1. The summed E-state index contributed by atoms with van der Waals surface area (Å²) in [6.07, 6.45) is 0. The first-order valence-corrected chi connectivity index (χ1v) is 3.32. The molecule has 58 valence electrons. The van der Waals surface area contributed by atoms with E-state index in [4.69, 9.17) is 4.74 Å². The molecule has 0 rings (SSSR count). The summed E-state index contributed by atoms with van der Waals surface area (Å²) in [4.78, 5) is 10.8. The van der Waals surface area contributed by atoms with Crippen molar-refractivity contribution >= 4 is 14.0 Å². The highest BCUT2D eigenvalue weighted by Crippen LogP contribution is 2.05. The highest BCUT2D eigenvalue weighted by molar-refractivity contribution is 6.05. The average molecular weight is 143 g/mol. The Balaban J connectivity index is 3.58. The fourth-order valence-corrected chi connectivity index (χ4v) is 0.522. The van der Waals surface area contributed by atoms with Crippen LogP contribution in [0.25, 0.3) is 0 Å². The van der Waals surface area contributed by atoms with Gasteiger partial charge in [-0.2, -0.15) is 0 Å². The molecule has 0 aromatic heterocycles. The molecule has 0 heterocycles. The molecule has 0 saturated carbocycles. The van der Waals surface area contributed by atoms with Crippen molar-refractivity contribution in [1.82, 2.24) is 5.23 Å². The lowest BCUT2D eigenvalue weighted by atomic mass is 10.2. The number of hydrogen-bond acceptors (Lipinski definition) is 3. The van der Waals surface area contributed by atoms with Crippen LogP contribution in [0.15, 0.2) is 0 Å². The molecule has 1 N–H and O–H groups in total. The Morgan fingerprint density at radius 1 is 1.60 bits per heavy atom. The molecule has 3 nitrogen and oxygen atoms in total. The van der Waals surface area contributed by atoms with Crippen LogP contribution in [0.4, 0.5) is 0 Å². The highest BCUT2D eigenvalue weighted by atomic mass is 16.6. The van der Waals surface area contributed by atoms with Gasteiger partial charge in [0.05, 0.1) is 6.54 Å². The van der Waals surface area contributed by atoms with Gasteiger partial charge in [-0.3, -0.25) is 4.79 Å². The number of carbonyl (C=O) groups is 1. The van der Waals surface area contributed by atoms with Crippen LogP contribution in [0, 0.1) is 0 Å². The average Bonchev–Trinajstić information content (AvgIpc) is 1.59. The van der Waals surface area contributed by atoms with Gasteiger partial charge in [0.2, 0.25) is 0 Å². The Labute approximate surface area is 62.6 Å². The zero-order chi connectivity index (χ0) is 8.20. The molecule has 0 aromatic rings. The first-order chi connectivity index (χ1) is 4.45. The fourth-order valence-electron chi connectivity index (χ4n) is 0.522. The van der Waals surface area contributed by atoms with E-state index in [-0.39, 0.29) is 18.1 Å². The Morgan fingerprint density at radius 2 is 2.10 bits per heavy atom. The zero-order valence-corrected chi connectivity index (χ0v) is 7.02. The molecule has 0 amide bonds. The molecule has 0 aliphatic rings. The summed E-state index contributed by atoms with van der Waals surface area (Å²) in [6, 6.07) is 0. The van der Waals surface area contributed by atoms with Crippen LogP contribution in [0.1, 0.15) is 20.8 Å². The molecule has 0 radical (unpaired) electrons. The van der Waals surface area contributed by atoms with Crippen molar-refractivity contribution in [3.63, 3.8) is 0 Å². The Morgan fingerprint density at radius 3 is 2.40 bits per heavy atom. The monoisotopic (exact) mass is 143 g/mol. The van der Waals surface area contributed by atoms with Crippen LogP contribution in [-0.4, -0.2) is 26.1 Å². The second-order valence-corrected chi connectivity index (χ2v) is 3.12. The standard InChI is InChI=1S/C6H14BNO2/c1-6(2,3)10-5(9)4-8-7/h8H,4,7H2,1-3H3. The molecular weight excluding hydrogens is 129 g/mol. The van der Waals surface area contributed by atoms with Gasteiger partial charge in [0.1, 0.15) is 5.60 Å². The van der Waals surface area contributed by atoms with E-state index >= 15 is 0 Å². The topological polar surface area (TPSA) is 38.3 Å². The molecule has 0 fully saturated rings. The number of hydrogen-bond donors (Lipinski definition) is 1. The Bertz CT molecular complexity index is 119. The van der Waals surface area contributed by atoms with Gasteiger partial charge in [-0.05, 0) is 20.8 Å². The fraction of sp³-hybridized carbons (Fsp3) is 0.833. The SMILES string of the molecule is BNCC(=O)OC(C)(C)C. The predicted molar refractivity (Wildman–Crippen MR) is 42.4 cm³/mol. The van der Waals surface area contributed by atoms with Gasteiger partial charge in [0.15, 0.2) is 7.98 Å². The molecule has 0 atom stereocenters. The molecule has 0 aliphatic heterocycles. The molecule has 0 aromatic carbocycles. The van der Waals surface area contributed by atoms with Crippen molar-refractivity contribution in [2.75, 3.05) is 6.54 Å². The van der Waals surface area contributed by atoms with Gasteiger partial charge in [-0.15, -0.1) is 0 Å². The van der Waals surface area contributed by atoms with Crippen LogP contribution in [0.2, 0.25) is 0 Å². The minimum atomic E-state index is -0.367. The van der Waals surface area contributed by atoms with E-state index in [1.807, 2.05) is 20.8 Å². The molecular formula is C6H14BNO2. The predicted octanol–water partition coefficient (Wildman–Crippen LogP) is -0.534. The number of esters is 1. The molecule has 0 unspecified atom stereocenters. The van der Waals surface area contributed by atoms with Crippen LogP contribution in [-0.2, 0) is 9.53 Å². The summed E-state index contributed by atoms with van der Waals surface area (Å²) in [5, 5.41) is 2.72. The second kappa shape index (κ2) is 3.61. The summed E-state index contributed by atoms with van der Waals surface area (Å²) in [5.41, 5.74) is -0.367. The lowest BCUT2D eigenvalue weighted by Gasteiger charge is -2.19. The summed E-state index contributed by atoms with van der Waals surface area (Å²) in [5.74, 6) is -0.213. The minimum Gasteiger partial charge on any atom is -0.459 e. The zero-order valence-electron chi connectivity index (χ0n) is 7.02. The number of rotatable bonds is 2. The third-order valence-electron chi connectivity index (χ3n) is 0.741. The molecule has 0 bridgehead atoms. The lowest BCUT2D eigenvalue weighted by Crippen LogP contribution is -2.30. The van der Waals surface area contributed by atoms with Gasteiger partial charge in [0.25, 0.3) is 0 Å². The van der Waals surface area contributed by atoms with Crippen molar-refractivity contribution in [3.05, 3.63) is 0 Å². The quantitative estimate of drug-likeness (QED) is 0.417. The van der Waals surface area contributed by atoms with Crippen LogP contribution < -0.4 is 5.23 Å². The van der Waals surface area contributed by atoms with Crippen molar-refractivity contribution in [2.45, 2.75) is 26.4 Å². The molecule has 0 aliphatic carbocycles. The maximum Gasteiger partial charge on any atom is 0.319 e. The Hall–Kier alpha value is -0.505. The van der Waals surface area contributed by atoms with E-state index in [2.05, 4.69) is 5.23 Å². The van der Waals surface area contributed by atoms with Crippen molar-refractivity contribution in [1.29, 1.82) is 0 Å². The first kappa shape index (κ1) is 9.49. The largest absolute Gasteiger partial charge is 0.459 e. The second-order valence-electron chi connectivity index (χ2n) is 3.12. The third kappa shape index (κ3) is 5.63. The van der Waals surface area contributed by atoms with E-state index in [1.54, 1.807) is 7.98 Å². The maximum atomic E-state index is 10.8. The molecule has 4 heteroatoms. The molecule has 10 heavy (non-hydrogen) atoms. The minimum absolute atomic E-state index is 0.213. The number of ether oxygens (including phenoxy) is 1. The van der Waals surface area contributed by atoms with E-state index in [1.165, 1.54) is 0 Å². The van der Waals surface area contributed by atoms with Crippen molar-refractivity contribution in [2.24, 2.45) is 0 Å². The number of nitrogens with one attached hydrogen (secondary N) is 1. The molecule has 0 saturated heterocycles. The van der Waals surface area contributed by atoms with Crippen LogP contribution >= 0.6 is 0 Å². The van der Waals surface area contributed by atoms with Crippen molar-refractivity contribution in [3.8, 4) is 0 Å². The van der Waals surface area contributed by atoms with Crippen LogP contribution in [0.3, 0.4) is 0 Å². The van der Waals surface area contributed by atoms with Gasteiger partial charge in [0, 0.05) is 0 Å². The van der Waals surface area contributed by atoms with Gasteiger partial charge in [-0.25, -0.2) is 0 Å². The first-order valence-electron chi connectivity index (χ1n) is 3.32. The van der Waals surface area contributed by atoms with Crippen LogP contribution in [0.5, 0.6) is 0 Å². The third-order valence-corrected chi connectivity index (χ3v) is 0.741. The normalized spacial score (nSPS) is 11.1. The summed E-state index contributed by atoms with van der Waals surface area (Å²) >= 11 is 0. The summed E-state index contributed by atoms with van der Waals surface area (Å²) in [7, 11) is 1.71. The highest BCUT2D eigenvalue weighted by Gasteiger charge is 2.14. The van der Waals surface area contributed by atoms with Gasteiger partial charge < -0.3 is 9.96 Å². The summed E-state index contributed by atoms with van der Waals surface area (Å²) in [6.45, 7) is 5.82. The van der Waals surface area contributed by atoms with E-state index in [0.717, 1.165) is 0 Å². The summed E-state index contributed by atoms with van der Waals surface area (Å²) < 4.78 is 4.98. The molecule has 0 spiro atoms. The van der Waals surface area contributed by atoms with E-state index in [9.17, 15) is 4.79 Å². The van der Waals surface area contributed by atoms with Gasteiger partial charge >= 0.3 is 5.97 Å². The van der Waals surface area contributed by atoms with E-state index < -0.39 is 0 Å². The maximum absolute atomic E-state index is 10.8. The Kier molecular flexibility index (Phi) is 3.43.